The summed E-state index contributed by atoms with van der Waals surface area (Å²) in [5, 5.41) is 8.98. The van der Waals surface area contributed by atoms with Gasteiger partial charge in [-0.15, -0.1) is 0 Å². The van der Waals surface area contributed by atoms with Gasteiger partial charge in [0.25, 0.3) is 0 Å². The molecule has 0 aliphatic carbocycles. The topological polar surface area (TPSA) is 87.2 Å². The van der Waals surface area contributed by atoms with E-state index in [0.717, 1.165) is 0 Å². The Balaban J connectivity index is 2.63. The van der Waals surface area contributed by atoms with Crippen LogP contribution in [0.5, 0.6) is 0 Å². The van der Waals surface area contributed by atoms with Gasteiger partial charge in [0.1, 0.15) is 6.54 Å². The molecule has 0 aromatic rings. The first-order valence-corrected chi connectivity index (χ1v) is 5.69. The van der Waals surface area contributed by atoms with Crippen LogP contribution in [0, 0.1) is 5.92 Å². The minimum absolute atomic E-state index is 0.143. The van der Waals surface area contributed by atoms with Gasteiger partial charge < -0.3 is 19.6 Å². The molecule has 1 aliphatic heterocycles. The average molecular weight is 258 g/mol. The number of likely N-dealkylation sites (tertiary alicyclic amines) is 1. The van der Waals surface area contributed by atoms with Crippen molar-refractivity contribution in [3.63, 3.8) is 0 Å². The van der Waals surface area contributed by atoms with Gasteiger partial charge in [-0.1, -0.05) is 0 Å². The Bertz CT molecular complexity index is 357. The van der Waals surface area contributed by atoms with E-state index in [1.54, 1.807) is 6.92 Å². The van der Waals surface area contributed by atoms with Crippen molar-refractivity contribution < 1.29 is 24.2 Å². The zero-order valence-corrected chi connectivity index (χ0v) is 10.8. The summed E-state index contributed by atoms with van der Waals surface area (Å²) in [6.07, 6.45) is 0.439. The van der Waals surface area contributed by atoms with Gasteiger partial charge in [0.05, 0.1) is 13.0 Å². The zero-order valence-electron chi connectivity index (χ0n) is 10.8. The second kappa shape index (κ2) is 5.70. The average Bonchev–Trinajstić information content (AvgIpc) is 2.69. The number of amides is 2. The van der Waals surface area contributed by atoms with Crippen molar-refractivity contribution in [2.24, 2.45) is 5.92 Å². The molecule has 0 aromatic carbocycles. The monoisotopic (exact) mass is 258 g/mol. The number of carbonyl (C=O) groups is 3. The molecule has 1 saturated heterocycles. The van der Waals surface area contributed by atoms with Crippen LogP contribution >= 0.6 is 0 Å². The normalized spacial score (nSPS) is 22.7. The van der Waals surface area contributed by atoms with E-state index in [0.29, 0.717) is 13.0 Å². The quantitative estimate of drug-likeness (QED) is 0.720. The van der Waals surface area contributed by atoms with Crippen molar-refractivity contribution in [3.05, 3.63) is 0 Å². The van der Waals surface area contributed by atoms with Crippen LogP contribution in [-0.4, -0.2) is 66.2 Å². The Hall–Kier alpha value is -1.79. The van der Waals surface area contributed by atoms with Gasteiger partial charge in [-0.2, -0.15) is 0 Å². The smallest absolute Gasteiger partial charge is 0.325 e. The predicted octanol–water partition coefficient (Wildman–Crippen LogP) is 0.00620. The molecule has 1 rings (SSSR count). The number of nitrogens with zero attached hydrogens (tertiary/aromatic N) is 2. The molecule has 2 atom stereocenters. The Morgan fingerprint density at radius 3 is 2.50 bits per heavy atom. The van der Waals surface area contributed by atoms with Gasteiger partial charge in [-0.3, -0.25) is 9.59 Å². The van der Waals surface area contributed by atoms with Crippen LogP contribution in [-0.2, 0) is 14.3 Å². The lowest BCUT2D eigenvalue weighted by molar-refractivity contribution is -0.143. The summed E-state index contributed by atoms with van der Waals surface area (Å²) in [6, 6.07) is -0.716. The second-order valence-electron chi connectivity index (χ2n) is 4.38. The SMILES string of the molecule is COC(=O)CN(C)C(=O)N1CCC(C(=O)O)C1C. The maximum atomic E-state index is 12.0. The zero-order chi connectivity index (χ0) is 13.9. The van der Waals surface area contributed by atoms with Crippen LogP contribution < -0.4 is 0 Å². The fourth-order valence-electron chi connectivity index (χ4n) is 2.08. The molecular weight excluding hydrogens is 240 g/mol. The number of hydrogen-bond acceptors (Lipinski definition) is 4. The third kappa shape index (κ3) is 2.91. The lowest BCUT2D eigenvalue weighted by atomic mass is 10.0. The molecule has 0 radical (unpaired) electrons. The highest BCUT2D eigenvalue weighted by Crippen LogP contribution is 2.25. The number of carboxylic acids is 1. The third-order valence-electron chi connectivity index (χ3n) is 3.24. The molecule has 7 nitrogen and oxygen atoms in total. The van der Waals surface area contributed by atoms with Crippen molar-refractivity contribution in [1.29, 1.82) is 0 Å². The summed E-state index contributed by atoms with van der Waals surface area (Å²) in [5.74, 6) is -1.94. The van der Waals surface area contributed by atoms with Crippen molar-refractivity contribution in [2.45, 2.75) is 19.4 Å². The van der Waals surface area contributed by atoms with Crippen molar-refractivity contribution in [2.75, 3.05) is 27.2 Å². The van der Waals surface area contributed by atoms with E-state index >= 15 is 0 Å². The number of ether oxygens (including phenoxy) is 1. The number of carbonyl (C=O) groups excluding carboxylic acids is 2. The van der Waals surface area contributed by atoms with Crippen molar-refractivity contribution in [1.82, 2.24) is 9.80 Å². The van der Waals surface area contributed by atoms with E-state index in [4.69, 9.17) is 5.11 Å². The number of likely N-dealkylation sites (N-methyl/N-ethyl adjacent to an activating group) is 1. The van der Waals surface area contributed by atoms with Crippen molar-refractivity contribution in [3.8, 4) is 0 Å². The summed E-state index contributed by atoms with van der Waals surface area (Å²) in [7, 11) is 2.74. The number of hydrogen-bond donors (Lipinski definition) is 1. The van der Waals surface area contributed by atoms with Gasteiger partial charge in [-0.05, 0) is 13.3 Å². The molecular formula is C11H18N2O5. The van der Waals surface area contributed by atoms with E-state index in [1.807, 2.05) is 0 Å². The molecule has 102 valence electrons. The predicted molar refractivity (Wildman–Crippen MR) is 62.0 cm³/mol. The first kappa shape index (κ1) is 14.3. The summed E-state index contributed by atoms with van der Waals surface area (Å²) >= 11 is 0. The first-order valence-electron chi connectivity index (χ1n) is 5.69. The maximum absolute atomic E-state index is 12.0. The molecule has 2 unspecified atom stereocenters. The van der Waals surface area contributed by atoms with Crippen LogP contribution in [0.2, 0.25) is 0 Å². The van der Waals surface area contributed by atoms with Gasteiger partial charge in [0.2, 0.25) is 0 Å². The van der Waals surface area contributed by atoms with Gasteiger partial charge in [-0.25, -0.2) is 4.79 Å². The fourth-order valence-corrected chi connectivity index (χ4v) is 2.08. The molecule has 18 heavy (non-hydrogen) atoms. The van der Waals surface area contributed by atoms with E-state index in [2.05, 4.69) is 4.74 Å². The number of urea groups is 1. The maximum Gasteiger partial charge on any atom is 0.325 e. The number of methoxy groups -OCH3 is 1. The van der Waals surface area contributed by atoms with Crippen LogP contribution in [0.25, 0.3) is 0 Å². The van der Waals surface area contributed by atoms with E-state index in [1.165, 1.54) is 24.0 Å². The Morgan fingerprint density at radius 1 is 1.44 bits per heavy atom. The van der Waals surface area contributed by atoms with E-state index < -0.39 is 17.9 Å². The largest absolute Gasteiger partial charge is 0.481 e. The number of rotatable bonds is 3. The van der Waals surface area contributed by atoms with Crippen molar-refractivity contribution >= 4 is 18.0 Å². The van der Waals surface area contributed by atoms with Crippen LogP contribution in [0.1, 0.15) is 13.3 Å². The fraction of sp³-hybridized carbons (Fsp3) is 0.727. The number of esters is 1. The molecule has 1 fully saturated rings. The summed E-state index contributed by atoms with van der Waals surface area (Å²) in [6.45, 7) is 1.95. The summed E-state index contributed by atoms with van der Waals surface area (Å²) < 4.78 is 4.47. The molecule has 1 aliphatic rings. The van der Waals surface area contributed by atoms with Crippen LogP contribution in [0.15, 0.2) is 0 Å². The highest BCUT2D eigenvalue weighted by atomic mass is 16.5. The lowest BCUT2D eigenvalue weighted by Crippen LogP contribution is -2.46. The highest BCUT2D eigenvalue weighted by molar-refractivity contribution is 5.82. The number of aliphatic carboxylic acids is 1. The number of carboxylic acid groups (broad SMARTS) is 1. The minimum Gasteiger partial charge on any atom is -0.481 e. The Kier molecular flexibility index (Phi) is 4.52. The molecule has 1 N–H and O–H groups in total. The van der Waals surface area contributed by atoms with Crippen LogP contribution in [0.3, 0.4) is 0 Å². The Labute approximate surface area is 105 Å². The van der Waals surface area contributed by atoms with Gasteiger partial charge >= 0.3 is 18.0 Å². The second-order valence-corrected chi connectivity index (χ2v) is 4.38. The van der Waals surface area contributed by atoms with E-state index in [-0.39, 0.29) is 18.6 Å². The molecule has 0 saturated carbocycles. The molecule has 0 spiro atoms. The summed E-state index contributed by atoms with van der Waals surface area (Å²) in [5.41, 5.74) is 0. The molecule has 1 heterocycles. The lowest BCUT2D eigenvalue weighted by Gasteiger charge is -2.28. The molecule has 7 heteroatoms. The van der Waals surface area contributed by atoms with Crippen LogP contribution in [0.4, 0.5) is 4.79 Å². The minimum atomic E-state index is -0.895. The molecule has 0 bridgehead atoms. The highest BCUT2D eigenvalue weighted by Gasteiger charge is 2.39. The van der Waals surface area contributed by atoms with Gasteiger partial charge in [0.15, 0.2) is 0 Å². The third-order valence-corrected chi connectivity index (χ3v) is 3.24. The standard InChI is InChI=1S/C11H18N2O5/c1-7-8(10(15)16)4-5-13(7)11(17)12(2)6-9(14)18-3/h7-8H,4-6H2,1-3H3,(H,15,16). The van der Waals surface area contributed by atoms with E-state index in [9.17, 15) is 14.4 Å². The van der Waals surface area contributed by atoms with Gasteiger partial charge in [0, 0.05) is 19.6 Å². The Morgan fingerprint density at radius 2 is 2.06 bits per heavy atom. The first-order chi connectivity index (χ1) is 8.38. The molecule has 2 amide bonds. The summed E-state index contributed by atoms with van der Waals surface area (Å²) in [4.78, 5) is 36.7. The molecule has 0 aromatic heterocycles.